The molecule has 0 heterocycles. The van der Waals surface area contributed by atoms with Crippen molar-refractivity contribution in [1.82, 2.24) is 15.5 Å². The number of amides is 3. The summed E-state index contributed by atoms with van der Waals surface area (Å²) in [5.41, 5.74) is -0.0715. The van der Waals surface area contributed by atoms with Crippen LogP contribution in [-0.4, -0.2) is 51.6 Å². The molecule has 0 aliphatic rings. The van der Waals surface area contributed by atoms with E-state index in [1.54, 1.807) is 37.8 Å². The van der Waals surface area contributed by atoms with Gasteiger partial charge >= 0.3 is 6.09 Å². The van der Waals surface area contributed by atoms with Crippen LogP contribution in [-0.2, 0) is 20.7 Å². The van der Waals surface area contributed by atoms with Gasteiger partial charge in [0.2, 0.25) is 11.8 Å². The number of nitrogens with one attached hydrogen (secondary N) is 2. The average Bonchev–Trinajstić information content (AvgIpc) is 2.89. The number of ether oxygens (including phenoxy) is 1. The summed E-state index contributed by atoms with van der Waals surface area (Å²) in [6, 6.07) is 13.8. The van der Waals surface area contributed by atoms with Gasteiger partial charge in [0.1, 0.15) is 23.4 Å². The third-order valence-corrected chi connectivity index (χ3v) is 6.82. The van der Waals surface area contributed by atoms with Crippen molar-refractivity contribution in [3.8, 4) is 5.75 Å². The fraction of sp³-hybridized carbons (Fsp3) is 0.531. The summed E-state index contributed by atoms with van der Waals surface area (Å²) in [6.45, 7) is 13.7. The lowest BCUT2D eigenvalue weighted by Crippen LogP contribution is -2.59. The Hall–Kier alpha value is -3.55. The molecule has 2 rings (SSSR count). The van der Waals surface area contributed by atoms with Crippen LogP contribution in [0.25, 0.3) is 0 Å². The molecule has 220 valence electrons. The zero-order valence-electron chi connectivity index (χ0n) is 25.1. The van der Waals surface area contributed by atoms with E-state index >= 15 is 0 Å². The van der Waals surface area contributed by atoms with E-state index in [0.717, 1.165) is 24.8 Å². The molecule has 0 bridgehead atoms. The number of alkyl carbamates (subject to hydrolysis) is 1. The van der Waals surface area contributed by atoms with Crippen molar-refractivity contribution in [2.45, 2.75) is 104 Å². The Morgan fingerprint density at radius 3 is 2.10 bits per heavy atom. The monoisotopic (exact) mass is 553 g/mol. The van der Waals surface area contributed by atoms with Gasteiger partial charge in [0, 0.05) is 18.5 Å². The molecule has 0 fully saturated rings. The minimum Gasteiger partial charge on any atom is -0.508 e. The van der Waals surface area contributed by atoms with Gasteiger partial charge in [-0.1, -0.05) is 69.2 Å². The molecule has 2 atom stereocenters. The Morgan fingerprint density at radius 2 is 1.55 bits per heavy atom. The normalized spacial score (nSPS) is 13.2. The summed E-state index contributed by atoms with van der Waals surface area (Å²) >= 11 is 0. The molecule has 0 saturated heterocycles. The first-order valence-electron chi connectivity index (χ1n) is 14.2. The van der Waals surface area contributed by atoms with E-state index in [2.05, 4.69) is 17.6 Å². The molecule has 2 unspecified atom stereocenters. The number of rotatable bonds is 13. The molecule has 8 nitrogen and oxygen atoms in total. The highest BCUT2D eigenvalue weighted by Crippen LogP contribution is 2.32. The molecule has 3 N–H and O–H groups in total. The summed E-state index contributed by atoms with van der Waals surface area (Å²) in [5, 5.41) is 15.6. The van der Waals surface area contributed by atoms with Gasteiger partial charge in [-0.25, -0.2) is 4.79 Å². The maximum absolute atomic E-state index is 14.5. The number of aromatic hydroxyl groups is 1. The average molecular weight is 554 g/mol. The molecule has 2 aromatic carbocycles. The van der Waals surface area contributed by atoms with Crippen molar-refractivity contribution < 1.29 is 24.2 Å². The van der Waals surface area contributed by atoms with E-state index in [0.29, 0.717) is 18.5 Å². The molecule has 3 amide bonds. The van der Waals surface area contributed by atoms with Gasteiger partial charge in [0.25, 0.3) is 0 Å². The summed E-state index contributed by atoms with van der Waals surface area (Å²) in [6.07, 6.45) is 2.87. The molecule has 2 aromatic rings. The predicted molar refractivity (Wildman–Crippen MR) is 158 cm³/mol. The molecule has 0 spiro atoms. The summed E-state index contributed by atoms with van der Waals surface area (Å²) in [5.74, 6) is -0.564. The van der Waals surface area contributed by atoms with E-state index in [9.17, 15) is 19.5 Å². The molecule has 8 heteroatoms. The third kappa shape index (κ3) is 9.88. The summed E-state index contributed by atoms with van der Waals surface area (Å²) in [7, 11) is 0. The highest BCUT2D eigenvalue weighted by molar-refractivity contribution is 5.92. The Morgan fingerprint density at radius 1 is 0.925 bits per heavy atom. The summed E-state index contributed by atoms with van der Waals surface area (Å²) in [4.78, 5) is 42.9. The first-order chi connectivity index (χ1) is 18.8. The number of benzene rings is 2. The van der Waals surface area contributed by atoms with Crippen LogP contribution in [0, 0.1) is 0 Å². The lowest BCUT2D eigenvalue weighted by atomic mass is 9.91. The first kappa shape index (κ1) is 32.7. The number of phenols is 1. The van der Waals surface area contributed by atoms with Crippen molar-refractivity contribution in [2.75, 3.05) is 6.54 Å². The molecular weight excluding hydrogens is 506 g/mol. The van der Waals surface area contributed by atoms with E-state index < -0.39 is 35.2 Å². The van der Waals surface area contributed by atoms with Crippen LogP contribution in [0.2, 0.25) is 0 Å². The molecule has 0 aliphatic heterocycles. The molecule has 0 aromatic heterocycles. The second-order valence-corrected chi connectivity index (χ2v) is 11.8. The van der Waals surface area contributed by atoms with Crippen molar-refractivity contribution in [3.63, 3.8) is 0 Å². The standard InChI is InChI=1S/C32H47N3O5/c1-8-10-14-21-33-28(37)27(24-15-12-11-13-16-24)35(32(6,7)9-2)29(38)26(34-30(39)40-31(3,4)5)22-23-17-19-25(36)20-18-23/h11-13,15-20,26-27,36H,8-10,14,21-22H2,1-7H3,(H,33,37)(H,34,39). The number of carbonyl (C=O) groups is 3. The highest BCUT2D eigenvalue weighted by Gasteiger charge is 2.43. The SMILES string of the molecule is CCCCCNC(=O)C(c1ccccc1)N(C(=O)C(Cc1ccc(O)cc1)NC(=O)OC(C)(C)C)C(C)(C)CC. The van der Waals surface area contributed by atoms with Gasteiger partial charge in [0.15, 0.2) is 0 Å². The van der Waals surface area contributed by atoms with Gasteiger partial charge in [-0.3, -0.25) is 9.59 Å². The van der Waals surface area contributed by atoms with Crippen molar-refractivity contribution in [2.24, 2.45) is 0 Å². The van der Waals surface area contributed by atoms with E-state index in [1.807, 2.05) is 51.1 Å². The van der Waals surface area contributed by atoms with E-state index in [4.69, 9.17) is 4.74 Å². The number of nitrogens with zero attached hydrogens (tertiary/aromatic N) is 1. The Labute approximate surface area is 239 Å². The largest absolute Gasteiger partial charge is 0.508 e. The lowest BCUT2D eigenvalue weighted by molar-refractivity contribution is -0.149. The van der Waals surface area contributed by atoms with Gasteiger partial charge in [-0.2, -0.15) is 0 Å². The van der Waals surface area contributed by atoms with Crippen molar-refractivity contribution in [3.05, 3.63) is 65.7 Å². The Bertz CT molecular complexity index is 1090. The zero-order chi connectivity index (χ0) is 29.9. The van der Waals surface area contributed by atoms with Gasteiger partial charge < -0.3 is 25.4 Å². The van der Waals surface area contributed by atoms with Crippen LogP contribution in [0.15, 0.2) is 54.6 Å². The predicted octanol–water partition coefficient (Wildman–Crippen LogP) is 5.89. The Balaban J connectivity index is 2.57. The molecule has 40 heavy (non-hydrogen) atoms. The number of hydrogen-bond acceptors (Lipinski definition) is 5. The maximum atomic E-state index is 14.5. The summed E-state index contributed by atoms with van der Waals surface area (Å²) < 4.78 is 5.50. The second kappa shape index (κ2) is 14.7. The van der Waals surface area contributed by atoms with Crippen molar-refractivity contribution >= 4 is 17.9 Å². The molecule has 0 saturated carbocycles. The molecule has 0 aliphatic carbocycles. The molecule has 0 radical (unpaired) electrons. The minimum absolute atomic E-state index is 0.101. The zero-order valence-corrected chi connectivity index (χ0v) is 25.1. The second-order valence-electron chi connectivity index (χ2n) is 11.8. The van der Waals surface area contributed by atoms with Gasteiger partial charge in [-0.15, -0.1) is 0 Å². The fourth-order valence-electron chi connectivity index (χ4n) is 4.37. The minimum atomic E-state index is -1.02. The van der Waals surface area contributed by atoms with Crippen LogP contribution in [0.4, 0.5) is 4.79 Å². The Kier molecular flexibility index (Phi) is 12.0. The maximum Gasteiger partial charge on any atom is 0.408 e. The first-order valence-corrected chi connectivity index (χ1v) is 14.2. The quantitative estimate of drug-likeness (QED) is 0.268. The lowest BCUT2D eigenvalue weighted by Gasteiger charge is -2.44. The number of carbonyl (C=O) groups excluding carboxylic acids is 3. The van der Waals surface area contributed by atoms with Crippen LogP contribution < -0.4 is 10.6 Å². The smallest absolute Gasteiger partial charge is 0.408 e. The van der Waals surface area contributed by atoms with E-state index in [1.165, 1.54) is 12.1 Å². The highest BCUT2D eigenvalue weighted by atomic mass is 16.6. The van der Waals surface area contributed by atoms with Gasteiger partial charge in [0.05, 0.1) is 0 Å². The number of phenolic OH excluding ortho intramolecular Hbond substituents is 1. The number of unbranched alkanes of at least 4 members (excludes halogenated alkanes) is 2. The van der Waals surface area contributed by atoms with Gasteiger partial charge in [-0.05, 0) is 70.7 Å². The van der Waals surface area contributed by atoms with E-state index in [-0.39, 0.29) is 18.1 Å². The fourth-order valence-corrected chi connectivity index (χ4v) is 4.37. The number of hydrogen-bond donors (Lipinski definition) is 3. The molecular formula is C32H47N3O5. The van der Waals surface area contributed by atoms with Crippen LogP contribution in [0.1, 0.15) is 91.3 Å². The topological polar surface area (TPSA) is 108 Å². The van der Waals surface area contributed by atoms with Crippen molar-refractivity contribution in [1.29, 1.82) is 0 Å². The van der Waals surface area contributed by atoms with Crippen LogP contribution in [0.5, 0.6) is 5.75 Å². The third-order valence-electron chi connectivity index (χ3n) is 6.82. The van der Waals surface area contributed by atoms with Crippen LogP contribution in [0.3, 0.4) is 0 Å². The van der Waals surface area contributed by atoms with Crippen LogP contribution >= 0.6 is 0 Å².